The number of hydrogen-bond acceptors (Lipinski definition) is 5. The first-order valence-corrected chi connectivity index (χ1v) is 8.12. The minimum Gasteiger partial charge on any atom is -0.460 e. The third-order valence-electron chi connectivity index (χ3n) is 3.53. The van der Waals surface area contributed by atoms with E-state index in [-0.39, 0.29) is 29.8 Å². The summed E-state index contributed by atoms with van der Waals surface area (Å²) in [6, 6.07) is 5.61. The predicted molar refractivity (Wildman–Crippen MR) is 94.8 cm³/mol. The third-order valence-corrected chi connectivity index (χ3v) is 3.89. The van der Waals surface area contributed by atoms with Crippen LogP contribution in [0.1, 0.15) is 18.2 Å². The van der Waals surface area contributed by atoms with Crippen molar-refractivity contribution in [3.63, 3.8) is 0 Å². The molecule has 8 heteroatoms. The first-order valence-electron chi connectivity index (χ1n) is 7.75. The van der Waals surface area contributed by atoms with Gasteiger partial charge in [-0.15, -0.1) is 0 Å². The van der Waals surface area contributed by atoms with E-state index in [0.29, 0.717) is 16.9 Å². The van der Waals surface area contributed by atoms with E-state index in [1.54, 1.807) is 6.92 Å². The highest BCUT2D eigenvalue weighted by Crippen LogP contribution is 2.26. The number of hydrogen-bond donors (Lipinski definition) is 0. The van der Waals surface area contributed by atoms with Gasteiger partial charge in [-0.25, -0.2) is 13.9 Å². The van der Waals surface area contributed by atoms with Gasteiger partial charge >= 0.3 is 5.97 Å². The monoisotopic (exact) mass is 380 g/mol. The number of ketones is 1. The zero-order valence-electron chi connectivity index (χ0n) is 14.6. The molecule has 0 fully saturated rings. The number of rotatable bonds is 7. The number of nitrogens with zero attached hydrogens (tertiary/aromatic N) is 2. The Labute approximate surface area is 155 Å². The van der Waals surface area contributed by atoms with Gasteiger partial charge in [-0.1, -0.05) is 11.6 Å². The van der Waals surface area contributed by atoms with Crippen LogP contribution in [0.2, 0.25) is 5.15 Å². The zero-order valence-corrected chi connectivity index (χ0v) is 15.3. The average Bonchev–Trinajstić information content (AvgIpc) is 2.87. The molecule has 2 aromatic rings. The Morgan fingerprint density at radius 3 is 2.50 bits per heavy atom. The van der Waals surface area contributed by atoms with Crippen molar-refractivity contribution in [1.29, 1.82) is 0 Å². The van der Waals surface area contributed by atoms with Crippen LogP contribution in [0.5, 0.6) is 0 Å². The molecule has 0 aliphatic rings. The SMILES string of the molecule is COCCOC(=O)/C(=C/c1c(C)nn(-c2ccc(F)cc2)c1Cl)C(C)=O. The second-order valence-electron chi connectivity index (χ2n) is 5.42. The lowest BCUT2D eigenvalue weighted by Gasteiger charge is -2.06. The Kier molecular flexibility index (Phi) is 6.65. The number of Topliss-reactive ketones (excluding diaryl/α,β-unsaturated/α-hetero) is 1. The molecule has 0 N–H and O–H groups in total. The molecule has 0 saturated carbocycles. The molecular weight excluding hydrogens is 363 g/mol. The van der Waals surface area contributed by atoms with Gasteiger partial charge in [0.2, 0.25) is 0 Å². The molecule has 1 heterocycles. The van der Waals surface area contributed by atoms with Crippen LogP contribution in [-0.4, -0.2) is 41.9 Å². The van der Waals surface area contributed by atoms with Crippen molar-refractivity contribution in [3.05, 3.63) is 52.1 Å². The molecule has 1 aromatic carbocycles. The van der Waals surface area contributed by atoms with Crippen molar-refractivity contribution >= 4 is 29.4 Å². The van der Waals surface area contributed by atoms with Gasteiger partial charge in [-0.3, -0.25) is 4.79 Å². The van der Waals surface area contributed by atoms with Crippen LogP contribution < -0.4 is 0 Å². The molecule has 0 aliphatic carbocycles. The van der Waals surface area contributed by atoms with E-state index in [1.807, 2.05) is 0 Å². The maximum Gasteiger partial charge on any atom is 0.341 e. The maximum absolute atomic E-state index is 13.1. The zero-order chi connectivity index (χ0) is 19.3. The number of carbonyl (C=O) groups excluding carboxylic acids is 2. The van der Waals surface area contributed by atoms with E-state index in [9.17, 15) is 14.0 Å². The normalized spacial score (nSPS) is 11.5. The van der Waals surface area contributed by atoms with Crippen molar-refractivity contribution < 1.29 is 23.5 Å². The van der Waals surface area contributed by atoms with E-state index < -0.39 is 11.8 Å². The van der Waals surface area contributed by atoms with Crippen LogP contribution >= 0.6 is 11.6 Å². The van der Waals surface area contributed by atoms with Gasteiger partial charge < -0.3 is 9.47 Å². The molecule has 1 aromatic heterocycles. The van der Waals surface area contributed by atoms with Gasteiger partial charge in [0, 0.05) is 12.7 Å². The van der Waals surface area contributed by atoms with Crippen LogP contribution in [0.4, 0.5) is 4.39 Å². The summed E-state index contributed by atoms with van der Waals surface area (Å²) < 4.78 is 24.3. The molecule has 0 amide bonds. The van der Waals surface area contributed by atoms with Crippen molar-refractivity contribution in [2.24, 2.45) is 0 Å². The summed E-state index contributed by atoms with van der Waals surface area (Å²) in [7, 11) is 1.47. The average molecular weight is 381 g/mol. The van der Waals surface area contributed by atoms with Crippen LogP contribution in [0, 0.1) is 12.7 Å². The highest BCUT2D eigenvalue weighted by molar-refractivity contribution is 6.32. The number of esters is 1. The number of carbonyl (C=O) groups is 2. The summed E-state index contributed by atoms with van der Waals surface area (Å²) in [5.41, 5.74) is 1.31. The minimum atomic E-state index is -0.764. The molecule has 26 heavy (non-hydrogen) atoms. The number of methoxy groups -OCH3 is 1. The Morgan fingerprint density at radius 2 is 1.92 bits per heavy atom. The van der Waals surface area contributed by atoms with Crippen molar-refractivity contribution in [1.82, 2.24) is 9.78 Å². The molecule has 0 saturated heterocycles. The fourth-order valence-corrected chi connectivity index (χ4v) is 2.50. The fourth-order valence-electron chi connectivity index (χ4n) is 2.17. The van der Waals surface area contributed by atoms with Gasteiger partial charge in [0.15, 0.2) is 5.78 Å². The molecule has 0 aliphatic heterocycles. The first-order chi connectivity index (χ1) is 12.3. The molecule has 0 atom stereocenters. The molecule has 6 nitrogen and oxygen atoms in total. The molecule has 0 bridgehead atoms. The summed E-state index contributed by atoms with van der Waals surface area (Å²) in [6.45, 7) is 3.20. The molecule has 0 radical (unpaired) electrons. The van der Waals surface area contributed by atoms with Crippen LogP contribution in [0.3, 0.4) is 0 Å². The Bertz CT molecular complexity index is 844. The van der Waals surface area contributed by atoms with Crippen molar-refractivity contribution in [2.75, 3.05) is 20.3 Å². The Morgan fingerprint density at radius 1 is 1.27 bits per heavy atom. The summed E-state index contributed by atoms with van der Waals surface area (Å²) >= 11 is 6.36. The molecule has 2 rings (SSSR count). The van der Waals surface area contributed by atoms with E-state index in [4.69, 9.17) is 21.1 Å². The quantitative estimate of drug-likeness (QED) is 0.243. The first kappa shape index (κ1) is 19.8. The molecule has 138 valence electrons. The topological polar surface area (TPSA) is 70.4 Å². The van der Waals surface area contributed by atoms with Gasteiger partial charge in [-0.05, 0) is 44.2 Å². The highest BCUT2D eigenvalue weighted by atomic mass is 35.5. The van der Waals surface area contributed by atoms with Gasteiger partial charge in [0.25, 0.3) is 0 Å². The van der Waals surface area contributed by atoms with Crippen molar-refractivity contribution in [2.45, 2.75) is 13.8 Å². The summed E-state index contributed by atoms with van der Waals surface area (Å²) in [4.78, 5) is 24.0. The summed E-state index contributed by atoms with van der Waals surface area (Å²) in [5.74, 6) is -1.61. The van der Waals surface area contributed by atoms with Crippen LogP contribution in [-0.2, 0) is 19.1 Å². The third kappa shape index (κ3) is 4.56. The lowest BCUT2D eigenvalue weighted by Crippen LogP contribution is -2.16. The van der Waals surface area contributed by atoms with E-state index in [1.165, 1.54) is 49.1 Å². The summed E-state index contributed by atoms with van der Waals surface area (Å²) in [5, 5.41) is 4.48. The second kappa shape index (κ2) is 8.73. The standard InChI is InChI=1S/C18H18ClFN2O4/c1-11-15(10-16(12(2)23)18(24)26-9-8-25-3)17(19)22(21-11)14-6-4-13(20)5-7-14/h4-7,10H,8-9H2,1-3H3/b16-10+. The molecule has 0 spiro atoms. The Balaban J connectivity index is 2.39. The number of aromatic nitrogens is 2. The Hall–Kier alpha value is -2.51. The number of ether oxygens (including phenoxy) is 2. The lowest BCUT2D eigenvalue weighted by atomic mass is 10.1. The number of halogens is 2. The molecular formula is C18H18ClFN2O4. The molecule has 0 unspecified atom stereocenters. The lowest BCUT2D eigenvalue weighted by molar-refractivity contribution is -0.141. The van der Waals surface area contributed by atoms with E-state index in [2.05, 4.69) is 5.10 Å². The summed E-state index contributed by atoms with van der Waals surface area (Å²) in [6.07, 6.45) is 1.35. The smallest absolute Gasteiger partial charge is 0.341 e. The van der Waals surface area contributed by atoms with Gasteiger partial charge in [0.1, 0.15) is 23.2 Å². The number of benzene rings is 1. The van der Waals surface area contributed by atoms with E-state index >= 15 is 0 Å². The predicted octanol–water partition coefficient (Wildman–Crippen LogP) is 3.14. The fraction of sp³-hybridized carbons (Fsp3) is 0.278. The maximum atomic E-state index is 13.1. The largest absolute Gasteiger partial charge is 0.460 e. The van der Waals surface area contributed by atoms with Gasteiger partial charge in [0.05, 0.1) is 18.0 Å². The highest BCUT2D eigenvalue weighted by Gasteiger charge is 2.20. The van der Waals surface area contributed by atoms with Gasteiger partial charge in [-0.2, -0.15) is 5.10 Å². The van der Waals surface area contributed by atoms with Crippen LogP contribution in [0.15, 0.2) is 29.8 Å². The van der Waals surface area contributed by atoms with Crippen molar-refractivity contribution in [3.8, 4) is 5.69 Å². The number of aryl methyl sites for hydroxylation is 1. The van der Waals surface area contributed by atoms with Crippen LogP contribution in [0.25, 0.3) is 11.8 Å². The minimum absolute atomic E-state index is 0.0293. The van der Waals surface area contributed by atoms with E-state index in [0.717, 1.165) is 0 Å². The second-order valence-corrected chi connectivity index (χ2v) is 5.78.